The maximum Gasteiger partial charge on any atom is 0.265 e. The molecule has 1 amide bonds. The Morgan fingerprint density at radius 2 is 1.73 bits per heavy atom. The van der Waals surface area contributed by atoms with Crippen LogP contribution in [0.5, 0.6) is 11.5 Å². The molecular formula is C20H27ClN2O3. The van der Waals surface area contributed by atoms with E-state index in [1.54, 1.807) is 32.2 Å². The number of rotatable bonds is 5. The van der Waals surface area contributed by atoms with Gasteiger partial charge in [-0.25, -0.2) is 0 Å². The summed E-state index contributed by atoms with van der Waals surface area (Å²) < 4.78 is 10.8. The van der Waals surface area contributed by atoms with Crippen LogP contribution in [0, 0.1) is 0 Å². The molecule has 1 atom stereocenters. The lowest BCUT2D eigenvalue weighted by molar-refractivity contribution is -0.122. The number of nitrogens with one attached hydrogen (secondary N) is 1. The van der Waals surface area contributed by atoms with E-state index in [9.17, 15) is 4.79 Å². The summed E-state index contributed by atoms with van der Waals surface area (Å²) in [6.45, 7) is 8.17. The Labute approximate surface area is 161 Å². The second-order valence-electron chi connectivity index (χ2n) is 6.98. The summed E-state index contributed by atoms with van der Waals surface area (Å²) in [5.74, 6) is 0.982. The van der Waals surface area contributed by atoms with Crippen LogP contribution in [0.4, 0.5) is 11.4 Å². The molecule has 5 nitrogen and oxygen atoms in total. The van der Waals surface area contributed by atoms with Crippen LogP contribution in [0.3, 0.4) is 0 Å². The molecule has 0 aliphatic rings. The van der Waals surface area contributed by atoms with Crippen molar-refractivity contribution in [1.29, 1.82) is 0 Å². The van der Waals surface area contributed by atoms with Gasteiger partial charge in [0.1, 0.15) is 11.5 Å². The van der Waals surface area contributed by atoms with Crippen LogP contribution in [-0.2, 0) is 10.2 Å². The first-order valence-electron chi connectivity index (χ1n) is 8.22. The number of amides is 1. The van der Waals surface area contributed by atoms with Gasteiger partial charge in [-0.2, -0.15) is 0 Å². The predicted molar refractivity (Wildman–Crippen MR) is 109 cm³/mol. The molecule has 142 valence electrons. The van der Waals surface area contributed by atoms with Crippen molar-refractivity contribution >= 4 is 29.7 Å². The van der Waals surface area contributed by atoms with Gasteiger partial charge in [0.05, 0.1) is 12.8 Å². The number of hydrogen-bond acceptors (Lipinski definition) is 4. The number of anilines is 2. The fourth-order valence-corrected chi connectivity index (χ4v) is 2.35. The fourth-order valence-electron chi connectivity index (χ4n) is 2.35. The third-order valence-electron chi connectivity index (χ3n) is 3.90. The van der Waals surface area contributed by atoms with Gasteiger partial charge < -0.3 is 20.5 Å². The Bertz CT molecular complexity index is 740. The number of halogens is 1. The van der Waals surface area contributed by atoms with Crippen molar-refractivity contribution in [2.24, 2.45) is 0 Å². The van der Waals surface area contributed by atoms with Crippen molar-refractivity contribution in [2.45, 2.75) is 39.2 Å². The lowest BCUT2D eigenvalue weighted by Crippen LogP contribution is -2.30. The molecule has 0 radical (unpaired) electrons. The van der Waals surface area contributed by atoms with Crippen LogP contribution in [0.1, 0.15) is 33.3 Å². The van der Waals surface area contributed by atoms with Gasteiger partial charge in [0, 0.05) is 5.69 Å². The average molecular weight is 379 g/mol. The highest BCUT2D eigenvalue weighted by atomic mass is 35.5. The van der Waals surface area contributed by atoms with E-state index in [0.29, 0.717) is 22.9 Å². The zero-order chi connectivity index (χ0) is 18.6. The van der Waals surface area contributed by atoms with E-state index in [0.717, 1.165) is 0 Å². The van der Waals surface area contributed by atoms with Crippen molar-refractivity contribution in [3.8, 4) is 11.5 Å². The first-order valence-corrected chi connectivity index (χ1v) is 8.22. The second-order valence-corrected chi connectivity index (χ2v) is 6.98. The largest absolute Gasteiger partial charge is 0.495 e. The number of carbonyl (C=O) groups excluding carboxylic acids is 1. The Morgan fingerprint density at radius 3 is 2.23 bits per heavy atom. The Hall–Kier alpha value is -2.40. The lowest BCUT2D eigenvalue weighted by Gasteiger charge is -2.20. The lowest BCUT2D eigenvalue weighted by atomic mass is 9.87. The third-order valence-corrected chi connectivity index (χ3v) is 3.90. The van der Waals surface area contributed by atoms with Gasteiger partial charge in [0.25, 0.3) is 5.91 Å². The SMILES string of the molecule is COc1ccc(NC(=O)C(C)Oc2ccc(C(C)(C)C)cc2)cc1N.Cl. The molecule has 26 heavy (non-hydrogen) atoms. The number of carbonyl (C=O) groups is 1. The predicted octanol–water partition coefficient (Wildman–Crippen LogP) is 4.40. The summed E-state index contributed by atoms with van der Waals surface area (Å²) in [4.78, 5) is 12.3. The highest BCUT2D eigenvalue weighted by Crippen LogP contribution is 2.26. The zero-order valence-corrected chi connectivity index (χ0v) is 16.6. The molecule has 0 aliphatic heterocycles. The van der Waals surface area contributed by atoms with E-state index in [1.165, 1.54) is 5.56 Å². The molecule has 3 N–H and O–H groups in total. The van der Waals surface area contributed by atoms with Crippen molar-refractivity contribution in [3.63, 3.8) is 0 Å². The van der Waals surface area contributed by atoms with Gasteiger partial charge in [-0.15, -0.1) is 12.4 Å². The van der Waals surface area contributed by atoms with E-state index in [-0.39, 0.29) is 23.7 Å². The van der Waals surface area contributed by atoms with Crippen LogP contribution in [0.25, 0.3) is 0 Å². The van der Waals surface area contributed by atoms with Crippen molar-refractivity contribution in [1.82, 2.24) is 0 Å². The van der Waals surface area contributed by atoms with Crippen molar-refractivity contribution in [2.75, 3.05) is 18.2 Å². The smallest absolute Gasteiger partial charge is 0.265 e. The molecule has 0 aromatic heterocycles. The highest BCUT2D eigenvalue weighted by Gasteiger charge is 2.17. The van der Waals surface area contributed by atoms with Gasteiger partial charge in [0.2, 0.25) is 0 Å². The number of nitrogens with two attached hydrogens (primary N) is 1. The van der Waals surface area contributed by atoms with E-state index in [1.807, 2.05) is 24.3 Å². The number of methoxy groups -OCH3 is 1. The van der Waals surface area contributed by atoms with Gasteiger partial charge in [-0.05, 0) is 48.2 Å². The first kappa shape index (κ1) is 21.6. The van der Waals surface area contributed by atoms with Crippen molar-refractivity contribution in [3.05, 3.63) is 48.0 Å². The molecule has 2 aromatic rings. The third kappa shape index (κ3) is 5.56. The normalized spacial score (nSPS) is 11.9. The summed E-state index contributed by atoms with van der Waals surface area (Å²) in [6.07, 6.45) is -0.635. The summed E-state index contributed by atoms with van der Waals surface area (Å²) in [5, 5.41) is 2.79. The molecule has 2 rings (SSSR count). The van der Waals surface area contributed by atoms with Gasteiger partial charge in [0.15, 0.2) is 6.10 Å². The molecule has 0 heterocycles. The molecular weight excluding hydrogens is 352 g/mol. The highest BCUT2D eigenvalue weighted by molar-refractivity contribution is 5.94. The number of hydrogen-bond donors (Lipinski definition) is 2. The first-order chi connectivity index (χ1) is 11.7. The number of nitrogen functional groups attached to an aromatic ring is 1. The Kier molecular flexibility index (Phi) is 7.33. The minimum Gasteiger partial charge on any atom is -0.495 e. The Balaban J connectivity index is 0.00000338. The number of benzene rings is 2. The van der Waals surface area contributed by atoms with Crippen LogP contribution in [0.15, 0.2) is 42.5 Å². The van der Waals surface area contributed by atoms with E-state index in [2.05, 4.69) is 26.1 Å². The molecule has 2 aromatic carbocycles. The minimum atomic E-state index is -0.635. The summed E-state index contributed by atoms with van der Waals surface area (Å²) in [7, 11) is 1.55. The fraction of sp³-hybridized carbons (Fsp3) is 0.350. The summed E-state index contributed by atoms with van der Waals surface area (Å²) >= 11 is 0. The van der Waals surface area contributed by atoms with Crippen LogP contribution in [0.2, 0.25) is 0 Å². The van der Waals surface area contributed by atoms with E-state index in [4.69, 9.17) is 15.2 Å². The summed E-state index contributed by atoms with van der Waals surface area (Å²) in [5.41, 5.74) is 8.21. The molecule has 1 unspecified atom stereocenters. The standard InChI is InChI=1S/C20H26N2O3.ClH/c1-13(25-16-9-6-14(7-10-16)20(2,3)4)19(23)22-15-8-11-18(24-5)17(21)12-15;/h6-13H,21H2,1-5H3,(H,22,23);1H. The maximum absolute atomic E-state index is 12.3. The van der Waals surface area contributed by atoms with E-state index >= 15 is 0 Å². The monoisotopic (exact) mass is 378 g/mol. The molecule has 0 saturated heterocycles. The quantitative estimate of drug-likeness (QED) is 0.756. The summed E-state index contributed by atoms with van der Waals surface area (Å²) in [6, 6.07) is 12.9. The van der Waals surface area contributed by atoms with Crippen LogP contribution >= 0.6 is 12.4 Å². The Morgan fingerprint density at radius 1 is 1.12 bits per heavy atom. The van der Waals surface area contributed by atoms with E-state index < -0.39 is 6.10 Å². The van der Waals surface area contributed by atoms with Gasteiger partial charge >= 0.3 is 0 Å². The molecule has 0 aliphatic carbocycles. The van der Waals surface area contributed by atoms with Gasteiger partial charge in [-0.3, -0.25) is 4.79 Å². The zero-order valence-electron chi connectivity index (χ0n) is 15.8. The average Bonchev–Trinajstić information content (AvgIpc) is 2.54. The second kappa shape index (κ2) is 8.81. The van der Waals surface area contributed by atoms with Gasteiger partial charge in [-0.1, -0.05) is 32.9 Å². The van der Waals surface area contributed by atoms with Crippen molar-refractivity contribution < 1.29 is 14.3 Å². The molecule has 0 spiro atoms. The molecule has 6 heteroatoms. The molecule has 0 fully saturated rings. The topological polar surface area (TPSA) is 73.6 Å². The van der Waals surface area contributed by atoms with Crippen LogP contribution in [-0.4, -0.2) is 19.1 Å². The molecule has 0 saturated carbocycles. The molecule has 0 bridgehead atoms. The number of ether oxygens (including phenoxy) is 2. The minimum absolute atomic E-state index is 0. The maximum atomic E-state index is 12.3. The van der Waals surface area contributed by atoms with Crippen LogP contribution < -0.4 is 20.5 Å².